The molecule has 0 aliphatic rings. The highest BCUT2D eigenvalue weighted by atomic mass is 79.9. The van der Waals surface area contributed by atoms with Crippen LogP contribution in [-0.4, -0.2) is 21.4 Å². The van der Waals surface area contributed by atoms with E-state index in [-0.39, 0.29) is 5.92 Å². The Labute approximate surface area is 107 Å². The zero-order valence-electron chi connectivity index (χ0n) is 9.55. The first-order valence-electron chi connectivity index (χ1n) is 5.32. The van der Waals surface area contributed by atoms with Crippen molar-refractivity contribution in [3.8, 4) is 11.6 Å². The van der Waals surface area contributed by atoms with Gasteiger partial charge in [0, 0.05) is 0 Å². The Hall–Kier alpha value is -1.14. The second kappa shape index (κ2) is 5.01. The van der Waals surface area contributed by atoms with Gasteiger partial charge in [-0.3, -0.25) is 0 Å². The van der Waals surface area contributed by atoms with Gasteiger partial charge in [-0.2, -0.15) is 4.98 Å². The fraction of sp³-hybridized carbons (Fsp3) is 0.455. The largest absolute Gasteiger partial charge is 0.446 e. The number of aliphatic hydroxyl groups is 1. The minimum absolute atomic E-state index is 0.156. The third-order valence-electron chi connectivity index (χ3n) is 2.41. The fourth-order valence-corrected chi connectivity index (χ4v) is 1.59. The Bertz CT molecular complexity index is 492. The quantitative estimate of drug-likeness (QED) is 0.940. The summed E-state index contributed by atoms with van der Waals surface area (Å²) in [5.41, 5.74) is 0. The lowest BCUT2D eigenvalue weighted by Crippen LogP contribution is -2.17. The van der Waals surface area contributed by atoms with E-state index in [0.29, 0.717) is 28.6 Å². The first-order valence-corrected chi connectivity index (χ1v) is 6.12. The summed E-state index contributed by atoms with van der Waals surface area (Å²) in [6, 6.07) is 3.51. The molecular weight excluding hydrogens is 288 g/mol. The van der Waals surface area contributed by atoms with E-state index in [2.05, 4.69) is 26.1 Å². The first kappa shape index (κ1) is 12.3. The van der Waals surface area contributed by atoms with Gasteiger partial charge < -0.3 is 14.0 Å². The Balaban J connectivity index is 2.11. The summed E-state index contributed by atoms with van der Waals surface area (Å²) in [5, 5.41) is 13.5. The molecule has 1 N–H and O–H groups in total. The topological polar surface area (TPSA) is 72.3 Å². The van der Waals surface area contributed by atoms with E-state index in [1.165, 1.54) is 0 Å². The molecule has 1 unspecified atom stereocenters. The highest BCUT2D eigenvalue weighted by Gasteiger charge is 2.17. The van der Waals surface area contributed by atoms with E-state index in [1.54, 1.807) is 12.1 Å². The van der Waals surface area contributed by atoms with Crippen LogP contribution in [-0.2, 0) is 6.42 Å². The van der Waals surface area contributed by atoms with Crippen LogP contribution in [0.3, 0.4) is 0 Å². The van der Waals surface area contributed by atoms with Crippen LogP contribution < -0.4 is 0 Å². The number of furan rings is 1. The van der Waals surface area contributed by atoms with Gasteiger partial charge in [0.2, 0.25) is 11.7 Å². The molecule has 0 radical (unpaired) electrons. The van der Waals surface area contributed by atoms with Crippen LogP contribution in [0.1, 0.15) is 19.7 Å². The Morgan fingerprint density at radius 3 is 2.76 bits per heavy atom. The van der Waals surface area contributed by atoms with Crippen LogP contribution in [0.15, 0.2) is 25.7 Å². The predicted octanol–water partition coefficient (Wildman–Crippen LogP) is 2.65. The minimum Gasteiger partial charge on any atom is -0.446 e. The molecule has 0 aliphatic carbocycles. The molecule has 6 heteroatoms. The maximum Gasteiger partial charge on any atom is 0.238 e. The lowest BCUT2D eigenvalue weighted by Gasteiger charge is -2.10. The third-order valence-corrected chi connectivity index (χ3v) is 2.84. The van der Waals surface area contributed by atoms with Crippen molar-refractivity contribution in [3.05, 3.63) is 22.7 Å². The fourth-order valence-electron chi connectivity index (χ4n) is 1.29. The number of aliphatic hydroxyl groups excluding tert-OH is 1. The second-order valence-corrected chi connectivity index (χ2v) is 4.91. The monoisotopic (exact) mass is 300 g/mol. The molecule has 0 aromatic carbocycles. The van der Waals surface area contributed by atoms with Crippen LogP contribution in [0, 0.1) is 5.92 Å². The van der Waals surface area contributed by atoms with Crippen molar-refractivity contribution in [3.63, 3.8) is 0 Å². The van der Waals surface area contributed by atoms with Crippen LogP contribution in [0.5, 0.6) is 0 Å². The number of halogens is 1. The number of rotatable bonds is 4. The molecule has 0 fully saturated rings. The zero-order chi connectivity index (χ0) is 12.4. The molecule has 0 spiro atoms. The molecule has 2 aromatic rings. The van der Waals surface area contributed by atoms with E-state index in [9.17, 15) is 5.11 Å². The smallest absolute Gasteiger partial charge is 0.238 e. The van der Waals surface area contributed by atoms with Gasteiger partial charge in [0.15, 0.2) is 10.4 Å². The molecule has 0 amide bonds. The second-order valence-electron chi connectivity index (χ2n) is 4.13. The molecule has 1 atom stereocenters. The van der Waals surface area contributed by atoms with Crippen LogP contribution in [0.25, 0.3) is 11.6 Å². The highest BCUT2D eigenvalue weighted by Crippen LogP contribution is 2.22. The minimum atomic E-state index is -0.480. The number of hydrogen-bond acceptors (Lipinski definition) is 5. The van der Waals surface area contributed by atoms with Gasteiger partial charge in [-0.1, -0.05) is 19.0 Å². The van der Waals surface area contributed by atoms with Crippen LogP contribution in [0.2, 0.25) is 0 Å². The molecule has 0 saturated heterocycles. The number of nitrogens with zero attached hydrogens (tertiary/aromatic N) is 2. The Kier molecular flexibility index (Phi) is 3.63. The van der Waals surface area contributed by atoms with Crippen molar-refractivity contribution in [2.75, 3.05) is 0 Å². The van der Waals surface area contributed by atoms with E-state index in [4.69, 9.17) is 8.94 Å². The lowest BCUT2D eigenvalue weighted by molar-refractivity contribution is 0.116. The van der Waals surface area contributed by atoms with Gasteiger partial charge in [0.25, 0.3) is 0 Å². The Morgan fingerprint density at radius 2 is 2.18 bits per heavy atom. The summed E-state index contributed by atoms with van der Waals surface area (Å²) in [4.78, 5) is 4.16. The summed E-state index contributed by atoms with van der Waals surface area (Å²) in [6.07, 6.45) is -0.126. The normalized spacial score (nSPS) is 13.2. The van der Waals surface area contributed by atoms with Crippen molar-refractivity contribution in [1.29, 1.82) is 0 Å². The van der Waals surface area contributed by atoms with Gasteiger partial charge >= 0.3 is 0 Å². The summed E-state index contributed by atoms with van der Waals surface area (Å²) < 4.78 is 11.0. The average molecular weight is 301 g/mol. The SMILES string of the molecule is CC(C)C(O)Cc1nc(-c2ccc(Br)o2)no1. The van der Waals surface area contributed by atoms with Gasteiger partial charge in [-0.25, -0.2) is 0 Å². The summed E-state index contributed by atoms with van der Waals surface area (Å²) in [7, 11) is 0. The lowest BCUT2D eigenvalue weighted by atomic mass is 10.0. The standard InChI is InChI=1S/C11H13BrN2O3/c1-6(2)7(15)5-10-13-11(14-17-10)8-3-4-9(12)16-8/h3-4,6-7,15H,5H2,1-2H3. The van der Waals surface area contributed by atoms with Gasteiger partial charge in [-0.05, 0) is 34.0 Å². The van der Waals surface area contributed by atoms with Crippen molar-refractivity contribution in [2.24, 2.45) is 5.92 Å². The average Bonchev–Trinajstić information content (AvgIpc) is 2.86. The van der Waals surface area contributed by atoms with E-state index in [0.717, 1.165) is 0 Å². The summed E-state index contributed by atoms with van der Waals surface area (Å²) >= 11 is 3.20. The van der Waals surface area contributed by atoms with E-state index < -0.39 is 6.10 Å². The van der Waals surface area contributed by atoms with Crippen LogP contribution >= 0.6 is 15.9 Å². The first-order chi connectivity index (χ1) is 8.06. The number of hydrogen-bond donors (Lipinski definition) is 1. The van der Waals surface area contributed by atoms with E-state index >= 15 is 0 Å². The number of aromatic nitrogens is 2. The highest BCUT2D eigenvalue weighted by molar-refractivity contribution is 9.10. The molecular formula is C11H13BrN2O3. The molecule has 2 rings (SSSR count). The molecule has 2 heterocycles. The van der Waals surface area contributed by atoms with Crippen LogP contribution in [0.4, 0.5) is 0 Å². The third kappa shape index (κ3) is 2.95. The Morgan fingerprint density at radius 1 is 1.41 bits per heavy atom. The molecule has 0 bridgehead atoms. The summed E-state index contributed by atoms with van der Waals surface area (Å²) in [5.74, 6) is 1.49. The van der Waals surface area contributed by atoms with Crippen molar-refractivity contribution in [2.45, 2.75) is 26.4 Å². The van der Waals surface area contributed by atoms with Crippen molar-refractivity contribution < 1.29 is 14.0 Å². The van der Waals surface area contributed by atoms with Gasteiger partial charge in [0.05, 0.1) is 12.5 Å². The van der Waals surface area contributed by atoms with Gasteiger partial charge in [0.1, 0.15) is 0 Å². The molecule has 2 aromatic heterocycles. The zero-order valence-corrected chi connectivity index (χ0v) is 11.1. The molecule has 17 heavy (non-hydrogen) atoms. The van der Waals surface area contributed by atoms with Gasteiger partial charge in [-0.15, -0.1) is 0 Å². The molecule has 5 nitrogen and oxygen atoms in total. The summed E-state index contributed by atoms with van der Waals surface area (Å²) in [6.45, 7) is 3.87. The molecule has 0 aliphatic heterocycles. The van der Waals surface area contributed by atoms with Crippen molar-refractivity contribution in [1.82, 2.24) is 10.1 Å². The maximum atomic E-state index is 9.71. The molecule has 0 saturated carbocycles. The molecule has 92 valence electrons. The maximum absolute atomic E-state index is 9.71. The van der Waals surface area contributed by atoms with Crippen molar-refractivity contribution >= 4 is 15.9 Å². The van der Waals surface area contributed by atoms with E-state index in [1.807, 2.05) is 13.8 Å². The predicted molar refractivity (Wildman–Crippen MR) is 64.2 cm³/mol.